The number of likely N-dealkylation sites (N-methyl/N-ethyl adjacent to an activating group) is 1. The van der Waals surface area contributed by atoms with E-state index >= 15 is 0 Å². The number of rotatable bonds is 10. The second-order valence-corrected chi connectivity index (χ2v) is 13.3. The number of nitrogens with zero attached hydrogens (tertiary/aromatic N) is 2. The summed E-state index contributed by atoms with van der Waals surface area (Å²) in [6.45, 7) is 5.66. The fourth-order valence-electron chi connectivity index (χ4n) is 5.13. The van der Waals surface area contributed by atoms with Crippen LogP contribution in [0.2, 0.25) is 0 Å². The Morgan fingerprint density at radius 2 is 1.94 bits per heavy atom. The lowest BCUT2D eigenvalue weighted by Gasteiger charge is -2.47. The smallest absolute Gasteiger partial charge is 0.353 e. The van der Waals surface area contributed by atoms with E-state index in [1.54, 1.807) is 21.0 Å². The number of fused-ring (bicyclic) bond motifs is 1. The van der Waals surface area contributed by atoms with Crippen LogP contribution in [0.25, 0.3) is 0 Å². The lowest BCUT2D eigenvalue weighted by molar-refractivity contribution is -0.160. The molecule has 34 heavy (non-hydrogen) atoms. The number of Topliss-reactive ketones (excluding diaryl/α,β-unsaturated/α-hetero) is 1. The van der Waals surface area contributed by atoms with Crippen LogP contribution in [0.3, 0.4) is 0 Å². The minimum Gasteiger partial charge on any atom is -0.477 e. The topological polar surface area (TPSA) is 141 Å². The molecule has 0 aromatic rings. The van der Waals surface area contributed by atoms with E-state index in [0.29, 0.717) is 17.9 Å². The highest BCUT2D eigenvalue weighted by Crippen LogP contribution is 2.53. The lowest BCUT2D eigenvalue weighted by atomic mass is 9.73. The molecular formula is C22H33N3O7S2. The van der Waals surface area contributed by atoms with E-state index < -0.39 is 39.2 Å². The van der Waals surface area contributed by atoms with Crippen molar-refractivity contribution in [3.63, 3.8) is 0 Å². The Labute approximate surface area is 204 Å². The number of thioether (sulfide) groups is 1. The van der Waals surface area contributed by atoms with E-state index in [0.717, 1.165) is 0 Å². The van der Waals surface area contributed by atoms with Gasteiger partial charge in [0.15, 0.2) is 9.84 Å². The first-order valence-corrected chi connectivity index (χ1v) is 14.1. The van der Waals surface area contributed by atoms with Crippen LogP contribution in [0.5, 0.6) is 0 Å². The number of carbonyl (C=O) groups is 4. The molecule has 0 spiro atoms. The van der Waals surface area contributed by atoms with Crippen LogP contribution in [0.15, 0.2) is 10.6 Å². The molecule has 3 rings (SSSR count). The number of hydrogen-bond donors (Lipinski definition) is 2. The molecule has 0 radical (unpaired) electrons. The quantitative estimate of drug-likeness (QED) is 0.394. The molecule has 3 heterocycles. The minimum atomic E-state index is -3.45. The zero-order valence-corrected chi connectivity index (χ0v) is 21.7. The van der Waals surface area contributed by atoms with Crippen LogP contribution in [0.1, 0.15) is 33.6 Å². The van der Waals surface area contributed by atoms with Crippen LogP contribution >= 0.6 is 11.8 Å². The molecule has 2 saturated heterocycles. The number of sulfone groups is 1. The molecule has 3 aliphatic rings. The molecule has 0 saturated carbocycles. The monoisotopic (exact) mass is 515 g/mol. The number of carbonyl (C=O) groups excluding carboxylic acids is 3. The molecule has 0 unspecified atom stereocenters. The van der Waals surface area contributed by atoms with Crippen molar-refractivity contribution in [2.75, 3.05) is 32.1 Å². The number of β-lactam (4-membered cyclic amide) rings is 1. The number of carboxylic acid groups (broad SMARTS) is 1. The molecule has 6 atom stereocenters. The van der Waals surface area contributed by atoms with Crippen molar-refractivity contribution >= 4 is 45.2 Å². The molecule has 0 aromatic carbocycles. The van der Waals surface area contributed by atoms with Gasteiger partial charge in [-0.2, -0.15) is 0 Å². The second kappa shape index (κ2) is 9.98. The third-order valence-electron chi connectivity index (χ3n) is 6.90. The van der Waals surface area contributed by atoms with Gasteiger partial charge in [0.05, 0.1) is 18.0 Å². The SMILES string of the molecule is CCS(=O)(=O)CC(=O)C[C@H](C)[C@H]1C(=O)N2C(C(=O)O)=C(S[C@@H]3CN[C@H](C(=O)N(C)C)C3)[C@H](C)[C@H]12. The Balaban J connectivity index is 1.72. The second-order valence-electron chi connectivity index (χ2n) is 9.60. The van der Waals surface area contributed by atoms with Crippen molar-refractivity contribution in [2.45, 2.75) is 50.9 Å². The first-order valence-electron chi connectivity index (χ1n) is 11.4. The van der Waals surface area contributed by atoms with Crippen LogP contribution in [0, 0.1) is 17.8 Å². The van der Waals surface area contributed by atoms with E-state index in [-0.39, 0.29) is 52.9 Å². The maximum atomic E-state index is 13.0. The molecule has 2 amide bonds. The van der Waals surface area contributed by atoms with Crippen molar-refractivity contribution in [3.05, 3.63) is 10.6 Å². The number of nitrogens with one attached hydrogen (secondary N) is 1. The molecule has 2 N–H and O–H groups in total. The summed E-state index contributed by atoms with van der Waals surface area (Å²) in [5.41, 5.74) is -0.0155. The van der Waals surface area contributed by atoms with Gasteiger partial charge in [-0.15, -0.1) is 11.8 Å². The maximum Gasteiger partial charge on any atom is 0.353 e. The summed E-state index contributed by atoms with van der Waals surface area (Å²) in [7, 11) is -0.0673. The third kappa shape index (κ3) is 5.03. The summed E-state index contributed by atoms with van der Waals surface area (Å²) in [5, 5.41) is 13.1. The predicted molar refractivity (Wildman–Crippen MR) is 128 cm³/mol. The highest BCUT2D eigenvalue weighted by Gasteiger charge is 2.60. The summed E-state index contributed by atoms with van der Waals surface area (Å²) in [6, 6.07) is -0.699. The van der Waals surface area contributed by atoms with Gasteiger partial charge >= 0.3 is 5.97 Å². The first-order chi connectivity index (χ1) is 15.8. The van der Waals surface area contributed by atoms with Crippen LogP contribution in [-0.2, 0) is 29.0 Å². The molecule has 0 aromatic heterocycles. The summed E-state index contributed by atoms with van der Waals surface area (Å²) in [6.07, 6.45) is 0.516. The van der Waals surface area contributed by atoms with Crippen molar-refractivity contribution in [2.24, 2.45) is 17.8 Å². The largest absolute Gasteiger partial charge is 0.477 e. The molecular weight excluding hydrogens is 482 g/mol. The molecule has 3 aliphatic heterocycles. The number of amides is 2. The van der Waals surface area contributed by atoms with Crippen LogP contribution < -0.4 is 5.32 Å². The summed E-state index contributed by atoms with van der Waals surface area (Å²) in [5.74, 6) is -3.81. The average Bonchev–Trinajstić information content (AvgIpc) is 3.29. The maximum absolute atomic E-state index is 13.0. The first kappa shape index (κ1) is 26.7. The third-order valence-corrected chi connectivity index (χ3v) is 10.1. The van der Waals surface area contributed by atoms with Gasteiger partial charge in [0.2, 0.25) is 11.8 Å². The fourth-order valence-corrected chi connectivity index (χ4v) is 7.42. The van der Waals surface area contributed by atoms with E-state index in [1.807, 2.05) is 6.92 Å². The van der Waals surface area contributed by atoms with Gasteiger partial charge < -0.3 is 20.2 Å². The average molecular weight is 516 g/mol. The Morgan fingerprint density at radius 1 is 1.29 bits per heavy atom. The van der Waals surface area contributed by atoms with Gasteiger partial charge in [0.25, 0.3) is 0 Å². The highest BCUT2D eigenvalue weighted by atomic mass is 32.2. The minimum absolute atomic E-state index is 0.00814. The molecule has 0 aliphatic carbocycles. The number of ketones is 1. The zero-order valence-electron chi connectivity index (χ0n) is 20.1. The zero-order chi connectivity index (χ0) is 25.5. The molecule has 190 valence electrons. The number of hydrogen-bond acceptors (Lipinski definition) is 8. The number of carboxylic acids is 1. The van der Waals surface area contributed by atoms with Crippen LogP contribution in [0.4, 0.5) is 0 Å². The summed E-state index contributed by atoms with van der Waals surface area (Å²) >= 11 is 1.41. The van der Waals surface area contributed by atoms with Crippen LogP contribution in [-0.4, -0.2) is 96.4 Å². The van der Waals surface area contributed by atoms with Gasteiger partial charge in [-0.1, -0.05) is 20.8 Å². The summed E-state index contributed by atoms with van der Waals surface area (Å²) in [4.78, 5) is 53.1. The van der Waals surface area contributed by atoms with Crippen molar-refractivity contribution in [1.82, 2.24) is 15.1 Å². The fraction of sp³-hybridized carbons (Fsp3) is 0.727. The summed E-state index contributed by atoms with van der Waals surface area (Å²) < 4.78 is 23.5. The van der Waals surface area contributed by atoms with Gasteiger partial charge in [0.1, 0.15) is 17.2 Å². The Bertz CT molecular complexity index is 1020. The van der Waals surface area contributed by atoms with Crippen molar-refractivity contribution in [3.8, 4) is 0 Å². The van der Waals surface area contributed by atoms with E-state index in [9.17, 15) is 32.7 Å². The standard InChI is InChI=1S/C22H33N3O7S2/c1-6-34(31,32)10-13(26)7-11(2)16-17-12(3)19(18(22(29)30)25(17)21(16)28)33-14-8-15(23-9-14)20(27)24(4)5/h11-12,14-17,23H,6-10H2,1-5H3,(H,29,30)/t11-,12+,14-,15-,16+,17+/m0/s1. The lowest BCUT2D eigenvalue weighted by Crippen LogP contribution is -2.62. The van der Waals surface area contributed by atoms with Crippen molar-refractivity contribution in [1.29, 1.82) is 0 Å². The van der Waals surface area contributed by atoms with E-state index in [1.165, 1.54) is 28.5 Å². The Morgan fingerprint density at radius 3 is 2.50 bits per heavy atom. The van der Waals surface area contributed by atoms with Gasteiger partial charge in [0, 0.05) is 48.9 Å². The molecule has 12 heteroatoms. The van der Waals surface area contributed by atoms with E-state index in [2.05, 4.69) is 5.32 Å². The molecule has 0 bridgehead atoms. The molecule has 2 fully saturated rings. The predicted octanol–water partition coefficient (Wildman–Crippen LogP) is 0.341. The van der Waals surface area contributed by atoms with Gasteiger partial charge in [-0.25, -0.2) is 13.2 Å². The van der Waals surface area contributed by atoms with Gasteiger partial charge in [-0.3, -0.25) is 14.4 Å². The number of aliphatic carboxylic acids is 1. The normalized spacial score (nSPS) is 29.6. The Kier molecular flexibility index (Phi) is 7.83. The van der Waals surface area contributed by atoms with Crippen molar-refractivity contribution < 1.29 is 32.7 Å². The Hall–Kier alpha value is -1.92. The van der Waals surface area contributed by atoms with E-state index in [4.69, 9.17) is 0 Å². The van der Waals surface area contributed by atoms with Gasteiger partial charge in [-0.05, 0) is 12.3 Å². The highest BCUT2D eigenvalue weighted by molar-refractivity contribution is 8.03. The molecule has 10 nitrogen and oxygen atoms in total.